The molecule has 15 heavy (non-hydrogen) atoms. The van der Waals surface area contributed by atoms with Crippen LogP contribution in [0.1, 0.15) is 26.2 Å². The Kier molecular flexibility index (Phi) is 5.97. The van der Waals surface area contributed by atoms with E-state index in [1.807, 2.05) is 6.92 Å². The second kappa shape index (κ2) is 6.43. The van der Waals surface area contributed by atoms with E-state index in [1.54, 1.807) is 0 Å². The summed E-state index contributed by atoms with van der Waals surface area (Å²) in [4.78, 5) is 10.6. The maximum atomic E-state index is 11.3. The number of carbonyl (C=O) groups is 1. The van der Waals surface area contributed by atoms with Gasteiger partial charge in [-0.25, -0.2) is 8.42 Å². The monoisotopic (exact) mass is 233 g/mol. The van der Waals surface area contributed by atoms with Gasteiger partial charge in [0.15, 0.2) is 0 Å². The van der Waals surface area contributed by atoms with Crippen molar-refractivity contribution in [3.63, 3.8) is 0 Å². The maximum absolute atomic E-state index is 11.3. The van der Waals surface area contributed by atoms with E-state index < -0.39 is 22.0 Å². The molecular weight excluding hydrogens is 218 g/mol. The van der Waals surface area contributed by atoms with Gasteiger partial charge in [-0.05, 0) is 6.42 Å². The maximum Gasteiger partial charge on any atom is 0.322 e. The fourth-order valence-corrected chi connectivity index (χ4v) is 2.31. The van der Waals surface area contributed by atoms with E-state index >= 15 is 0 Å². The molecule has 0 saturated carbocycles. The molecule has 0 aliphatic carbocycles. The Morgan fingerprint density at radius 3 is 2.60 bits per heavy atom. The van der Waals surface area contributed by atoms with Gasteiger partial charge in [0.1, 0.15) is 6.04 Å². The zero-order valence-corrected chi connectivity index (χ0v) is 9.38. The molecule has 2 N–H and O–H groups in total. The summed E-state index contributed by atoms with van der Waals surface area (Å²) in [5, 5.41) is 8.67. The molecular formula is C9H15NO4S. The Morgan fingerprint density at radius 2 is 2.20 bits per heavy atom. The van der Waals surface area contributed by atoms with Gasteiger partial charge in [0, 0.05) is 6.42 Å². The summed E-state index contributed by atoms with van der Waals surface area (Å²) in [6, 6.07) is -1.23. The molecule has 1 unspecified atom stereocenters. The van der Waals surface area contributed by atoms with Crippen molar-refractivity contribution in [3.8, 4) is 12.3 Å². The molecule has 0 spiro atoms. The highest BCUT2D eigenvalue weighted by Gasteiger charge is 2.22. The van der Waals surface area contributed by atoms with Gasteiger partial charge in [-0.1, -0.05) is 13.3 Å². The third-order valence-electron chi connectivity index (χ3n) is 1.71. The molecule has 86 valence electrons. The van der Waals surface area contributed by atoms with E-state index in [-0.39, 0.29) is 12.2 Å². The third kappa shape index (κ3) is 6.10. The smallest absolute Gasteiger partial charge is 0.322 e. The minimum atomic E-state index is -3.54. The number of hydrogen-bond acceptors (Lipinski definition) is 3. The van der Waals surface area contributed by atoms with E-state index in [4.69, 9.17) is 11.5 Å². The van der Waals surface area contributed by atoms with Crippen LogP contribution in [-0.4, -0.2) is 31.3 Å². The van der Waals surface area contributed by atoms with Crippen molar-refractivity contribution >= 4 is 16.0 Å². The van der Waals surface area contributed by atoms with Gasteiger partial charge in [0.2, 0.25) is 10.0 Å². The standard InChI is InChI=1S/C9H15NO4S/c1-3-5-7-15(13,14)10-8(6-4-2)9(11)12/h2,8,10H,3,5-7H2,1H3,(H,11,12). The number of hydrogen-bond donors (Lipinski definition) is 2. The van der Waals surface area contributed by atoms with Crippen LogP contribution in [0.3, 0.4) is 0 Å². The lowest BCUT2D eigenvalue weighted by Crippen LogP contribution is -2.41. The first-order valence-corrected chi connectivity index (χ1v) is 6.24. The van der Waals surface area contributed by atoms with Crippen LogP contribution in [0, 0.1) is 12.3 Å². The highest BCUT2D eigenvalue weighted by atomic mass is 32.2. The molecule has 0 fully saturated rings. The van der Waals surface area contributed by atoms with Gasteiger partial charge >= 0.3 is 5.97 Å². The van der Waals surface area contributed by atoms with Crippen LogP contribution in [0.5, 0.6) is 0 Å². The average Bonchev–Trinajstić information content (AvgIpc) is 2.14. The molecule has 6 heteroatoms. The molecule has 0 heterocycles. The molecule has 0 bridgehead atoms. The Balaban J connectivity index is 4.40. The predicted octanol–water partition coefficient (Wildman–Crippen LogP) is 0.182. The molecule has 0 aliphatic rings. The van der Waals surface area contributed by atoms with Gasteiger partial charge in [0.25, 0.3) is 0 Å². The number of aliphatic carboxylic acids is 1. The van der Waals surface area contributed by atoms with Crippen LogP contribution in [-0.2, 0) is 14.8 Å². The van der Waals surface area contributed by atoms with Crippen LogP contribution in [0.15, 0.2) is 0 Å². The van der Waals surface area contributed by atoms with Gasteiger partial charge < -0.3 is 5.11 Å². The Morgan fingerprint density at radius 1 is 1.60 bits per heavy atom. The third-order valence-corrected chi connectivity index (χ3v) is 3.18. The minimum absolute atomic E-state index is 0.0716. The van der Waals surface area contributed by atoms with Crippen LogP contribution in [0.2, 0.25) is 0 Å². The average molecular weight is 233 g/mol. The number of unbranched alkanes of at least 4 members (excludes halogenated alkanes) is 1. The second-order valence-corrected chi connectivity index (χ2v) is 4.96. The SMILES string of the molecule is C#CCC(NS(=O)(=O)CCCC)C(=O)O. The molecule has 0 aromatic carbocycles. The van der Waals surface area contributed by atoms with Crippen LogP contribution >= 0.6 is 0 Å². The summed E-state index contributed by atoms with van der Waals surface area (Å²) in [7, 11) is -3.54. The van der Waals surface area contributed by atoms with Crippen molar-refractivity contribution in [1.29, 1.82) is 0 Å². The number of nitrogens with one attached hydrogen (secondary N) is 1. The highest BCUT2D eigenvalue weighted by molar-refractivity contribution is 7.89. The van der Waals surface area contributed by atoms with Crippen molar-refractivity contribution in [3.05, 3.63) is 0 Å². The van der Waals surface area contributed by atoms with Crippen molar-refractivity contribution < 1.29 is 18.3 Å². The van der Waals surface area contributed by atoms with Crippen molar-refractivity contribution in [2.45, 2.75) is 32.2 Å². The molecule has 5 nitrogen and oxygen atoms in total. The molecule has 0 aromatic rings. The molecule has 0 aromatic heterocycles. The Hall–Kier alpha value is -1.06. The lowest BCUT2D eigenvalue weighted by atomic mass is 10.2. The number of rotatable bonds is 7. The molecule has 0 saturated heterocycles. The van der Waals surface area contributed by atoms with Gasteiger partial charge in [-0.2, -0.15) is 4.72 Å². The van der Waals surface area contributed by atoms with E-state index in [0.717, 1.165) is 6.42 Å². The van der Waals surface area contributed by atoms with Crippen LogP contribution in [0.25, 0.3) is 0 Å². The summed E-state index contributed by atoms with van der Waals surface area (Å²) in [6.07, 6.45) is 6.01. The molecule has 0 radical (unpaired) electrons. The summed E-state index contributed by atoms with van der Waals surface area (Å²) >= 11 is 0. The van der Waals surface area contributed by atoms with Gasteiger partial charge in [-0.15, -0.1) is 12.3 Å². The van der Waals surface area contributed by atoms with E-state index in [2.05, 4.69) is 10.6 Å². The fourth-order valence-electron chi connectivity index (χ4n) is 0.907. The second-order valence-electron chi connectivity index (χ2n) is 3.09. The van der Waals surface area contributed by atoms with Crippen molar-refractivity contribution in [2.75, 3.05) is 5.75 Å². The summed E-state index contributed by atoms with van der Waals surface area (Å²) in [6.45, 7) is 1.85. The number of carboxylic acid groups (broad SMARTS) is 1. The Labute approximate surface area is 89.9 Å². The zero-order chi connectivity index (χ0) is 11.9. The molecule has 0 rings (SSSR count). The fraction of sp³-hybridized carbons (Fsp3) is 0.667. The molecule has 0 amide bonds. The predicted molar refractivity (Wildman–Crippen MR) is 56.7 cm³/mol. The first-order valence-electron chi connectivity index (χ1n) is 4.59. The minimum Gasteiger partial charge on any atom is -0.480 e. The lowest BCUT2D eigenvalue weighted by molar-refractivity contribution is -0.138. The van der Waals surface area contributed by atoms with Gasteiger partial charge in [0.05, 0.1) is 5.75 Å². The first kappa shape index (κ1) is 13.9. The normalized spacial score (nSPS) is 13.1. The molecule has 1 atom stereocenters. The van der Waals surface area contributed by atoms with Crippen LogP contribution < -0.4 is 4.72 Å². The largest absolute Gasteiger partial charge is 0.480 e. The Bertz CT molecular complexity index is 342. The van der Waals surface area contributed by atoms with E-state index in [1.165, 1.54) is 0 Å². The van der Waals surface area contributed by atoms with Gasteiger partial charge in [-0.3, -0.25) is 4.79 Å². The number of carboxylic acids is 1. The zero-order valence-electron chi connectivity index (χ0n) is 8.56. The van der Waals surface area contributed by atoms with E-state index in [0.29, 0.717) is 6.42 Å². The van der Waals surface area contributed by atoms with Crippen molar-refractivity contribution in [1.82, 2.24) is 4.72 Å². The lowest BCUT2D eigenvalue weighted by Gasteiger charge is -2.11. The quantitative estimate of drug-likeness (QED) is 0.614. The summed E-state index contributed by atoms with van der Waals surface area (Å²) in [5.74, 6) is 0.792. The first-order chi connectivity index (χ1) is 6.93. The number of terminal acetylenes is 1. The van der Waals surface area contributed by atoms with Crippen LogP contribution in [0.4, 0.5) is 0 Å². The topological polar surface area (TPSA) is 83.5 Å². The van der Waals surface area contributed by atoms with Crippen molar-refractivity contribution in [2.24, 2.45) is 0 Å². The van der Waals surface area contributed by atoms with E-state index in [9.17, 15) is 13.2 Å². The summed E-state index contributed by atoms with van der Waals surface area (Å²) < 4.78 is 24.7. The molecule has 0 aliphatic heterocycles. The highest BCUT2D eigenvalue weighted by Crippen LogP contribution is 1.98. The number of sulfonamides is 1. The summed E-state index contributed by atoms with van der Waals surface area (Å²) in [5.41, 5.74) is 0.